The van der Waals surface area contributed by atoms with Crippen LogP contribution in [0.4, 0.5) is 0 Å². The Hall–Kier alpha value is -2.21. The molecule has 6 nitrogen and oxygen atoms in total. The smallest absolute Gasteiger partial charge is 0.261 e. The average Bonchev–Trinajstić information content (AvgIpc) is 3.28. The molecule has 0 aromatic heterocycles. The third kappa shape index (κ3) is 3.46. The number of carbonyl (C=O) groups is 3. The summed E-state index contributed by atoms with van der Waals surface area (Å²) in [4.78, 5) is 39.4. The number of carbonyl (C=O) groups excluding carboxylic acids is 3. The zero-order valence-electron chi connectivity index (χ0n) is 16.6. The van der Waals surface area contributed by atoms with E-state index in [1.165, 1.54) is 11.3 Å². The van der Waals surface area contributed by atoms with Gasteiger partial charge in [-0.15, -0.1) is 0 Å². The first-order valence-corrected chi connectivity index (χ1v) is 10.4. The average molecular weight is 384 g/mol. The third-order valence-electron chi connectivity index (χ3n) is 6.67. The molecule has 2 aliphatic heterocycles. The Morgan fingerprint density at radius 1 is 1.11 bits per heavy atom. The van der Waals surface area contributed by atoms with Crippen LogP contribution in [0.5, 0.6) is 0 Å². The molecule has 3 aliphatic rings. The molecule has 2 fully saturated rings. The fourth-order valence-corrected chi connectivity index (χ4v) is 4.63. The number of imide groups is 1. The van der Waals surface area contributed by atoms with Crippen LogP contribution in [0.15, 0.2) is 18.2 Å². The Morgan fingerprint density at radius 2 is 1.89 bits per heavy atom. The van der Waals surface area contributed by atoms with Crippen LogP contribution in [-0.4, -0.2) is 47.9 Å². The van der Waals surface area contributed by atoms with Gasteiger partial charge in [-0.2, -0.15) is 0 Å². The van der Waals surface area contributed by atoms with Crippen molar-refractivity contribution in [1.29, 1.82) is 0 Å². The molecule has 4 atom stereocenters. The van der Waals surface area contributed by atoms with Crippen molar-refractivity contribution in [1.82, 2.24) is 10.2 Å². The van der Waals surface area contributed by atoms with Gasteiger partial charge < -0.3 is 10.1 Å². The van der Waals surface area contributed by atoms with E-state index < -0.39 is 0 Å². The Morgan fingerprint density at radius 3 is 2.64 bits per heavy atom. The predicted molar refractivity (Wildman–Crippen MR) is 104 cm³/mol. The molecule has 1 saturated carbocycles. The number of rotatable bonds is 4. The second-order valence-corrected chi connectivity index (χ2v) is 8.46. The number of fused-ring (bicyclic) bond motifs is 1. The first-order valence-electron chi connectivity index (χ1n) is 10.4. The van der Waals surface area contributed by atoms with Crippen LogP contribution in [-0.2, 0) is 4.74 Å². The Labute approximate surface area is 165 Å². The maximum absolute atomic E-state index is 12.8. The molecule has 1 saturated heterocycles. The van der Waals surface area contributed by atoms with E-state index in [1.54, 1.807) is 18.2 Å². The van der Waals surface area contributed by atoms with Crippen LogP contribution in [0.25, 0.3) is 0 Å². The normalized spacial score (nSPS) is 29.9. The Bertz CT molecular complexity index is 800. The van der Waals surface area contributed by atoms with Crippen LogP contribution in [0.2, 0.25) is 0 Å². The van der Waals surface area contributed by atoms with E-state index in [0.717, 1.165) is 25.7 Å². The van der Waals surface area contributed by atoms with Gasteiger partial charge in [0.05, 0.1) is 23.8 Å². The zero-order valence-corrected chi connectivity index (χ0v) is 16.6. The highest BCUT2D eigenvalue weighted by atomic mass is 16.5. The van der Waals surface area contributed by atoms with E-state index in [-0.39, 0.29) is 36.4 Å². The largest absolute Gasteiger partial charge is 0.376 e. The van der Waals surface area contributed by atoms with Gasteiger partial charge in [0, 0.05) is 18.2 Å². The molecular weight excluding hydrogens is 356 g/mol. The standard InChI is InChI=1S/C22H28N2O4/c1-13-5-3-7-19(14(13)2)23-20(25)15-8-9-17-18(11-15)22(27)24(21(17)26)12-16-6-4-10-28-16/h8-9,11,13-14,16,19H,3-7,10,12H2,1-2H3,(H,23,25). The van der Waals surface area contributed by atoms with Gasteiger partial charge in [0.15, 0.2) is 0 Å². The summed E-state index contributed by atoms with van der Waals surface area (Å²) < 4.78 is 5.57. The van der Waals surface area contributed by atoms with Crippen molar-refractivity contribution in [2.75, 3.05) is 13.2 Å². The second kappa shape index (κ2) is 7.66. The quantitative estimate of drug-likeness (QED) is 0.810. The Kier molecular flexibility index (Phi) is 5.23. The molecule has 0 radical (unpaired) electrons. The van der Waals surface area contributed by atoms with Crippen LogP contribution in [0.1, 0.15) is 77.0 Å². The lowest BCUT2D eigenvalue weighted by atomic mass is 9.78. The van der Waals surface area contributed by atoms with Crippen molar-refractivity contribution in [2.24, 2.45) is 11.8 Å². The number of hydrogen-bond donors (Lipinski definition) is 1. The van der Waals surface area contributed by atoms with Crippen molar-refractivity contribution >= 4 is 17.7 Å². The van der Waals surface area contributed by atoms with Crippen molar-refractivity contribution in [3.05, 3.63) is 34.9 Å². The highest BCUT2D eigenvalue weighted by Crippen LogP contribution is 2.30. The predicted octanol–water partition coefficient (Wildman–Crippen LogP) is 3.02. The van der Waals surface area contributed by atoms with Gasteiger partial charge in [0.2, 0.25) is 0 Å². The molecule has 4 rings (SSSR count). The molecule has 0 spiro atoms. The van der Waals surface area contributed by atoms with Gasteiger partial charge in [-0.3, -0.25) is 19.3 Å². The van der Waals surface area contributed by atoms with Gasteiger partial charge >= 0.3 is 0 Å². The van der Waals surface area contributed by atoms with Crippen LogP contribution in [0.3, 0.4) is 0 Å². The first kappa shape index (κ1) is 19.1. The summed E-state index contributed by atoms with van der Waals surface area (Å²) in [5.74, 6) is 0.218. The molecule has 28 heavy (non-hydrogen) atoms. The van der Waals surface area contributed by atoms with E-state index in [2.05, 4.69) is 19.2 Å². The first-order chi connectivity index (χ1) is 13.5. The molecule has 1 aromatic carbocycles. The summed E-state index contributed by atoms with van der Waals surface area (Å²) in [6.07, 6.45) is 5.03. The fourth-order valence-electron chi connectivity index (χ4n) is 4.63. The monoisotopic (exact) mass is 384 g/mol. The van der Waals surface area contributed by atoms with Crippen LogP contribution < -0.4 is 5.32 Å². The molecule has 1 N–H and O–H groups in total. The molecule has 3 amide bonds. The lowest BCUT2D eigenvalue weighted by molar-refractivity contribution is 0.0475. The molecule has 1 aromatic rings. The highest BCUT2D eigenvalue weighted by molar-refractivity contribution is 6.22. The third-order valence-corrected chi connectivity index (χ3v) is 6.67. The van der Waals surface area contributed by atoms with E-state index in [0.29, 0.717) is 35.1 Å². The fraction of sp³-hybridized carbons (Fsp3) is 0.591. The molecular formula is C22H28N2O4. The van der Waals surface area contributed by atoms with E-state index >= 15 is 0 Å². The van der Waals surface area contributed by atoms with Crippen molar-refractivity contribution in [2.45, 2.75) is 58.1 Å². The number of nitrogens with zero attached hydrogens (tertiary/aromatic N) is 1. The second-order valence-electron chi connectivity index (χ2n) is 8.46. The number of hydrogen-bond acceptors (Lipinski definition) is 4. The van der Waals surface area contributed by atoms with Crippen molar-refractivity contribution in [3.63, 3.8) is 0 Å². The summed E-state index contributed by atoms with van der Waals surface area (Å²) in [6, 6.07) is 4.97. The molecule has 4 unspecified atom stereocenters. The van der Waals surface area contributed by atoms with Gasteiger partial charge in [-0.1, -0.05) is 26.7 Å². The van der Waals surface area contributed by atoms with E-state index in [1.807, 2.05) is 0 Å². The van der Waals surface area contributed by atoms with Gasteiger partial charge in [-0.25, -0.2) is 0 Å². The van der Waals surface area contributed by atoms with E-state index in [4.69, 9.17) is 4.74 Å². The number of nitrogens with one attached hydrogen (secondary N) is 1. The minimum absolute atomic E-state index is 0.0836. The molecule has 150 valence electrons. The summed E-state index contributed by atoms with van der Waals surface area (Å²) in [5.41, 5.74) is 1.13. The molecule has 2 heterocycles. The topological polar surface area (TPSA) is 75.7 Å². The van der Waals surface area contributed by atoms with E-state index in [9.17, 15) is 14.4 Å². The SMILES string of the molecule is CC1CCCC(NC(=O)c2ccc3c(c2)C(=O)N(CC2CCCO2)C3=O)C1C. The van der Waals surface area contributed by atoms with Crippen molar-refractivity contribution < 1.29 is 19.1 Å². The molecule has 1 aliphatic carbocycles. The van der Waals surface area contributed by atoms with Gasteiger partial charge in [-0.05, 0) is 49.3 Å². The molecule has 0 bridgehead atoms. The maximum atomic E-state index is 12.8. The maximum Gasteiger partial charge on any atom is 0.261 e. The highest BCUT2D eigenvalue weighted by Gasteiger charge is 2.38. The summed E-state index contributed by atoms with van der Waals surface area (Å²) in [7, 11) is 0. The van der Waals surface area contributed by atoms with Crippen LogP contribution in [0, 0.1) is 11.8 Å². The van der Waals surface area contributed by atoms with Crippen molar-refractivity contribution in [3.8, 4) is 0 Å². The molecule has 6 heteroatoms. The number of ether oxygens (including phenoxy) is 1. The van der Waals surface area contributed by atoms with Gasteiger partial charge in [0.25, 0.3) is 17.7 Å². The lowest BCUT2D eigenvalue weighted by Crippen LogP contribution is -2.43. The summed E-state index contributed by atoms with van der Waals surface area (Å²) >= 11 is 0. The van der Waals surface area contributed by atoms with Gasteiger partial charge in [0.1, 0.15) is 0 Å². The lowest BCUT2D eigenvalue weighted by Gasteiger charge is -2.34. The Balaban J connectivity index is 1.48. The number of amides is 3. The summed E-state index contributed by atoms with van der Waals surface area (Å²) in [5, 5.41) is 3.13. The summed E-state index contributed by atoms with van der Waals surface area (Å²) in [6.45, 7) is 5.37. The minimum Gasteiger partial charge on any atom is -0.376 e. The van der Waals surface area contributed by atoms with Crippen LogP contribution >= 0.6 is 0 Å². The number of benzene rings is 1. The zero-order chi connectivity index (χ0) is 19.8. The minimum atomic E-state index is -0.329.